The highest BCUT2D eigenvalue weighted by Gasteiger charge is 2.28. The van der Waals surface area contributed by atoms with Gasteiger partial charge in [-0.3, -0.25) is 4.79 Å². The van der Waals surface area contributed by atoms with Crippen LogP contribution in [0.1, 0.15) is 30.7 Å². The fraction of sp³-hybridized carbons (Fsp3) is 0.304. The number of rotatable bonds is 4. The average molecular weight is 435 g/mol. The topological polar surface area (TPSA) is 90.1 Å². The van der Waals surface area contributed by atoms with Gasteiger partial charge in [-0.15, -0.1) is 0 Å². The first-order chi connectivity index (χ1) is 14.9. The lowest BCUT2D eigenvalue weighted by molar-refractivity contribution is -0.113. The molecule has 1 aromatic carbocycles. The highest BCUT2D eigenvalue weighted by atomic mass is 32.2. The molecule has 4 aromatic rings. The molecule has 31 heavy (non-hydrogen) atoms. The lowest BCUT2D eigenvalue weighted by atomic mass is 9.95. The van der Waals surface area contributed by atoms with Crippen LogP contribution in [0.2, 0.25) is 0 Å². The van der Waals surface area contributed by atoms with E-state index in [9.17, 15) is 4.79 Å². The van der Waals surface area contributed by atoms with Crippen molar-refractivity contribution < 1.29 is 13.9 Å². The Balaban J connectivity index is 1.41. The van der Waals surface area contributed by atoms with E-state index in [1.807, 2.05) is 37.3 Å². The number of hydrogen-bond acceptors (Lipinski definition) is 7. The van der Waals surface area contributed by atoms with E-state index in [1.54, 1.807) is 0 Å². The normalized spacial score (nSPS) is 15.2. The van der Waals surface area contributed by atoms with Crippen LogP contribution in [-0.2, 0) is 22.6 Å². The molecule has 1 N–H and O–H groups in total. The summed E-state index contributed by atoms with van der Waals surface area (Å²) in [6, 6.07) is 9.76. The molecule has 0 aliphatic carbocycles. The van der Waals surface area contributed by atoms with Crippen molar-refractivity contribution >= 4 is 45.6 Å². The predicted molar refractivity (Wildman–Crippen MR) is 120 cm³/mol. The van der Waals surface area contributed by atoms with E-state index < -0.39 is 0 Å². The molecule has 0 spiro atoms. The number of carbonyl (C=O) groups is 1. The second-order valence-corrected chi connectivity index (χ2v) is 9.30. The van der Waals surface area contributed by atoms with Crippen molar-refractivity contribution in [2.24, 2.45) is 0 Å². The monoisotopic (exact) mass is 434 g/mol. The van der Waals surface area contributed by atoms with Gasteiger partial charge in [0.2, 0.25) is 11.6 Å². The first-order valence-electron chi connectivity index (χ1n) is 10.1. The summed E-state index contributed by atoms with van der Waals surface area (Å²) < 4.78 is 12.0. The minimum atomic E-state index is -0.245. The van der Waals surface area contributed by atoms with Crippen LogP contribution in [0.5, 0.6) is 0 Å². The van der Waals surface area contributed by atoms with E-state index in [0.29, 0.717) is 28.4 Å². The lowest BCUT2D eigenvalue weighted by Crippen LogP contribution is -2.32. The van der Waals surface area contributed by atoms with E-state index in [1.165, 1.54) is 18.1 Å². The summed E-state index contributed by atoms with van der Waals surface area (Å²) in [6.07, 6.45) is 2.22. The van der Waals surface area contributed by atoms with Crippen LogP contribution in [0.25, 0.3) is 22.2 Å². The molecule has 0 saturated heterocycles. The number of benzene rings is 1. The maximum Gasteiger partial charge on any atom is 0.234 e. The summed E-state index contributed by atoms with van der Waals surface area (Å²) in [5.41, 5.74) is 5.47. The Morgan fingerprint density at radius 2 is 2.13 bits per heavy atom. The van der Waals surface area contributed by atoms with E-state index in [-0.39, 0.29) is 17.3 Å². The number of nitrogens with one attached hydrogen (secondary N) is 1. The van der Waals surface area contributed by atoms with E-state index in [2.05, 4.69) is 29.1 Å². The number of aromatic nitrogens is 3. The van der Waals surface area contributed by atoms with Gasteiger partial charge < -0.3 is 14.5 Å². The van der Waals surface area contributed by atoms with Crippen molar-refractivity contribution in [1.82, 2.24) is 15.0 Å². The Kier molecular flexibility index (Phi) is 4.91. The number of anilines is 1. The number of fused-ring (bicyclic) bond motifs is 4. The molecule has 3 aromatic heterocycles. The van der Waals surface area contributed by atoms with Crippen molar-refractivity contribution in [3.8, 4) is 0 Å². The van der Waals surface area contributed by atoms with E-state index >= 15 is 0 Å². The molecule has 0 radical (unpaired) electrons. The van der Waals surface area contributed by atoms with Crippen LogP contribution in [0.15, 0.2) is 46.1 Å². The second kappa shape index (κ2) is 7.62. The molecule has 1 aliphatic rings. The first-order valence-corrected chi connectivity index (χ1v) is 11.1. The van der Waals surface area contributed by atoms with E-state index in [0.717, 1.165) is 34.3 Å². The molecule has 1 aliphatic heterocycles. The number of pyridine rings is 1. The minimum absolute atomic E-state index is 0.105. The summed E-state index contributed by atoms with van der Waals surface area (Å²) >= 11 is 1.32. The quantitative estimate of drug-likeness (QED) is 0.369. The Bertz CT molecular complexity index is 1320. The van der Waals surface area contributed by atoms with Crippen LogP contribution in [0.4, 0.5) is 5.69 Å². The molecule has 158 valence electrons. The van der Waals surface area contributed by atoms with Crippen LogP contribution < -0.4 is 5.32 Å². The molecule has 7 nitrogen and oxygen atoms in total. The Morgan fingerprint density at radius 3 is 2.97 bits per heavy atom. The second-order valence-electron chi connectivity index (χ2n) is 8.34. The molecule has 0 saturated carbocycles. The third-order valence-electron chi connectivity index (χ3n) is 5.23. The molecule has 8 heteroatoms. The van der Waals surface area contributed by atoms with E-state index in [4.69, 9.17) is 14.1 Å². The van der Waals surface area contributed by atoms with Gasteiger partial charge in [0.1, 0.15) is 16.9 Å². The summed E-state index contributed by atoms with van der Waals surface area (Å²) in [5.74, 6) is 0.106. The highest BCUT2D eigenvalue weighted by molar-refractivity contribution is 8.00. The van der Waals surface area contributed by atoms with Crippen molar-refractivity contribution in [3.05, 3.63) is 53.5 Å². The zero-order chi connectivity index (χ0) is 21.6. The third kappa shape index (κ3) is 4.00. The van der Waals surface area contributed by atoms with Crippen molar-refractivity contribution in [2.75, 3.05) is 11.1 Å². The van der Waals surface area contributed by atoms with Gasteiger partial charge in [-0.25, -0.2) is 15.0 Å². The molecule has 5 rings (SSSR count). The number of ether oxygens (including phenoxy) is 1. The summed E-state index contributed by atoms with van der Waals surface area (Å²) in [6.45, 7) is 6.62. The Hall–Kier alpha value is -2.97. The zero-order valence-electron chi connectivity index (χ0n) is 17.6. The number of thioether (sulfide) groups is 1. The molecule has 0 unspecified atom stereocenters. The number of aryl methyl sites for hydroxylation is 1. The number of hydrogen-bond donors (Lipinski definition) is 1. The molecular weight excluding hydrogens is 412 g/mol. The van der Waals surface area contributed by atoms with Crippen LogP contribution in [0, 0.1) is 6.92 Å². The van der Waals surface area contributed by atoms with Crippen molar-refractivity contribution in [1.29, 1.82) is 0 Å². The standard InChI is InChI=1S/C23H22N4O3S/c1-13-5-4-6-15(7-13)26-18(28)11-31-22-20-19(24-12-25-22)16-8-14-10-29-23(2,3)9-17(14)27-21(16)30-20/h4-8,12H,9-11H2,1-3H3,(H,26,28). The van der Waals surface area contributed by atoms with Gasteiger partial charge in [-0.2, -0.15) is 0 Å². The minimum Gasteiger partial charge on any atom is -0.433 e. The fourth-order valence-corrected chi connectivity index (χ4v) is 4.45. The summed E-state index contributed by atoms with van der Waals surface area (Å²) in [7, 11) is 0. The maximum absolute atomic E-state index is 12.4. The predicted octanol–water partition coefficient (Wildman–Crippen LogP) is 4.66. The third-order valence-corrected chi connectivity index (χ3v) is 6.21. The van der Waals surface area contributed by atoms with Gasteiger partial charge in [-0.05, 0) is 44.5 Å². The highest BCUT2D eigenvalue weighted by Crippen LogP contribution is 2.35. The fourth-order valence-electron chi connectivity index (χ4n) is 3.72. The molecular formula is C23H22N4O3S. The molecule has 4 heterocycles. The first kappa shape index (κ1) is 20.0. The van der Waals surface area contributed by atoms with Gasteiger partial charge in [0, 0.05) is 17.7 Å². The Labute approximate surface area is 183 Å². The maximum atomic E-state index is 12.4. The largest absolute Gasteiger partial charge is 0.433 e. The molecule has 0 fully saturated rings. The molecule has 1 amide bonds. The molecule has 0 bridgehead atoms. The van der Waals surface area contributed by atoms with Gasteiger partial charge >= 0.3 is 0 Å². The SMILES string of the molecule is Cc1cccc(NC(=O)CSc2ncnc3c2oc2nc4c(cc23)COC(C)(C)C4)c1. The zero-order valence-corrected chi connectivity index (χ0v) is 18.4. The van der Waals surface area contributed by atoms with Crippen molar-refractivity contribution in [2.45, 2.75) is 44.4 Å². The summed E-state index contributed by atoms with van der Waals surface area (Å²) in [4.78, 5) is 25.9. The van der Waals surface area contributed by atoms with Crippen molar-refractivity contribution in [3.63, 3.8) is 0 Å². The van der Waals surface area contributed by atoms with Gasteiger partial charge in [0.15, 0.2) is 5.58 Å². The smallest absolute Gasteiger partial charge is 0.234 e. The number of amides is 1. The number of nitrogens with zero attached hydrogens (tertiary/aromatic N) is 3. The van der Waals surface area contributed by atoms with Crippen LogP contribution >= 0.6 is 11.8 Å². The van der Waals surface area contributed by atoms with Gasteiger partial charge in [-0.1, -0.05) is 23.9 Å². The van der Waals surface area contributed by atoms with Gasteiger partial charge in [0.25, 0.3) is 0 Å². The van der Waals surface area contributed by atoms with Gasteiger partial charge in [0.05, 0.1) is 29.0 Å². The number of furan rings is 1. The Morgan fingerprint density at radius 1 is 1.26 bits per heavy atom. The number of carbonyl (C=O) groups excluding carboxylic acids is 1. The summed E-state index contributed by atoms with van der Waals surface area (Å²) in [5, 5.41) is 4.37. The van der Waals surface area contributed by atoms with Crippen LogP contribution in [0.3, 0.4) is 0 Å². The van der Waals surface area contributed by atoms with Crippen LogP contribution in [-0.4, -0.2) is 32.2 Å². The molecule has 0 atom stereocenters. The lowest BCUT2D eigenvalue weighted by Gasteiger charge is -2.30. The average Bonchev–Trinajstić information content (AvgIpc) is 3.08.